The maximum atomic E-state index is 13.3. The van der Waals surface area contributed by atoms with Crippen molar-refractivity contribution in [1.82, 2.24) is 9.55 Å². The zero-order valence-electron chi connectivity index (χ0n) is 29.3. The zero-order chi connectivity index (χ0) is 37.6. The Balaban J connectivity index is 0.000000169. The molecule has 3 heterocycles. The number of carbonyl (C=O) groups is 2. The first-order valence-corrected chi connectivity index (χ1v) is 16.6. The number of aromatic nitrogens is 2. The third-order valence-corrected chi connectivity index (χ3v) is 8.99. The van der Waals surface area contributed by atoms with E-state index in [0.29, 0.717) is 24.4 Å². The molecule has 7 rings (SSSR count). The predicted molar refractivity (Wildman–Crippen MR) is 197 cm³/mol. The third kappa shape index (κ3) is 9.04. The highest BCUT2D eigenvalue weighted by Crippen LogP contribution is 2.29. The van der Waals surface area contributed by atoms with Crippen LogP contribution in [0.2, 0.25) is 0 Å². The Hall–Kier alpha value is -5.94. The molecule has 0 amide bonds. The molecular formula is C42H38F2N4O4. The lowest BCUT2D eigenvalue weighted by Gasteiger charge is -2.23. The Kier molecular flexibility index (Phi) is 11.1. The number of H-pyrrole nitrogens is 1. The first kappa shape index (κ1) is 37.3. The number of hydrogen-bond acceptors (Lipinski definition) is 4. The smallest absolute Gasteiger partial charge is 0.190 e. The Morgan fingerprint density at radius 1 is 0.865 bits per heavy atom. The van der Waals surface area contributed by atoms with Crippen molar-refractivity contribution in [3.63, 3.8) is 0 Å². The summed E-state index contributed by atoms with van der Waals surface area (Å²) in [6.07, 6.45) is 4.00. The number of aromatic amines is 1. The molecule has 8 nitrogen and oxygen atoms in total. The van der Waals surface area contributed by atoms with Gasteiger partial charge in [0.15, 0.2) is 22.9 Å². The van der Waals surface area contributed by atoms with Gasteiger partial charge in [0.25, 0.3) is 0 Å². The minimum atomic E-state index is -1.56. The van der Waals surface area contributed by atoms with Gasteiger partial charge in [0.2, 0.25) is 0 Å². The van der Waals surface area contributed by atoms with Crippen LogP contribution in [0, 0.1) is 38.6 Å². The largest absolute Gasteiger partial charge is 0.380 e. The Morgan fingerprint density at radius 2 is 1.44 bits per heavy atom. The number of benzene rings is 4. The van der Waals surface area contributed by atoms with Gasteiger partial charge in [0, 0.05) is 47.0 Å². The molecule has 0 bridgehead atoms. The topological polar surface area (TPSA) is 96.3 Å². The highest BCUT2D eigenvalue weighted by atomic mass is 19.1. The number of epoxide rings is 1. The molecule has 1 saturated heterocycles. The summed E-state index contributed by atoms with van der Waals surface area (Å²) in [7, 11) is 0. The van der Waals surface area contributed by atoms with Crippen LogP contribution in [-0.2, 0) is 33.7 Å². The van der Waals surface area contributed by atoms with Gasteiger partial charge in [0.1, 0.15) is 22.8 Å². The Morgan fingerprint density at radius 3 is 2.02 bits per heavy atom. The molecule has 264 valence electrons. The van der Waals surface area contributed by atoms with Crippen LogP contribution in [0.5, 0.6) is 0 Å². The number of rotatable bonds is 8. The normalized spacial score (nSPS) is 15.6. The number of aryl methyl sites for hydroxylation is 2. The number of aliphatic hydroxyl groups is 1. The number of carbonyl (C=O) groups excluding carboxylic acids is 2. The molecule has 2 atom stereocenters. The van der Waals surface area contributed by atoms with Gasteiger partial charge in [-0.25, -0.2) is 18.5 Å². The number of ketones is 2. The van der Waals surface area contributed by atoms with Crippen molar-refractivity contribution < 1.29 is 28.2 Å². The molecule has 0 aliphatic carbocycles. The van der Waals surface area contributed by atoms with Crippen LogP contribution in [0.1, 0.15) is 36.1 Å². The maximum absolute atomic E-state index is 13.3. The summed E-state index contributed by atoms with van der Waals surface area (Å²) in [6.45, 7) is 21.7. The molecule has 0 radical (unpaired) electrons. The molecule has 0 unspecified atom stereocenters. The average Bonchev–Trinajstić information content (AvgIpc) is 3.50. The molecule has 2 aromatic heterocycles. The van der Waals surface area contributed by atoms with Gasteiger partial charge in [-0.15, -0.1) is 0 Å². The van der Waals surface area contributed by atoms with Crippen LogP contribution in [0.4, 0.5) is 20.2 Å². The van der Waals surface area contributed by atoms with Crippen molar-refractivity contribution in [2.45, 2.75) is 58.3 Å². The molecule has 10 heteroatoms. The molecule has 0 spiro atoms. The fraction of sp³-hybridized carbons (Fsp3) is 0.238. The summed E-state index contributed by atoms with van der Waals surface area (Å²) in [5.74, 6) is -0.706. The Bertz CT molecular complexity index is 2360. The van der Waals surface area contributed by atoms with E-state index in [1.807, 2.05) is 39.0 Å². The van der Waals surface area contributed by atoms with Crippen LogP contribution in [0.3, 0.4) is 0 Å². The number of Topliss-reactive ketones (excluding diaryl/α,β-unsaturated/α-hetero) is 2. The van der Waals surface area contributed by atoms with E-state index in [2.05, 4.69) is 14.7 Å². The van der Waals surface area contributed by atoms with Gasteiger partial charge < -0.3 is 19.4 Å². The number of fused-ring (bicyclic) bond motifs is 2. The molecule has 1 fully saturated rings. The van der Waals surface area contributed by atoms with Gasteiger partial charge in [-0.05, 0) is 98.5 Å². The van der Waals surface area contributed by atoms with Crippen molar-refractivity contribution in [1.29, 1.82) is 0 Å². The number of ether oxygens (including phenoxy) is 1. The highest BCUT2D eigenvalue weighted by molar-refractivity contribution is 5.91. The first-order chi connectivity index (χ1) is 24.7. The van der Waals surface area contributed by atoms with Crippen molar-refractivity contribution in [3.8, 4) is 0 Å². The van der Waals surface area contributed by atoms with E-state index in [4.69, 9.17) is 17.9 Å². The van der Waals surface area contributed by atoms with Crippen LogP contribution in [0.25, 0.3) is 31.5 Å². The van der Waals surface area contributed by atoms with Crippen molar-refractivity contribution in [2.75, 3.05) is 6.61 Å². The van der Waals surface area contributed by atoms with E-state index in [1.54, 1.807) is 59.4 Å². The van der Waals surface area contributed by atoms with Crippen LogP contribution in [0.15, 0.2) is 97.3 Å². The molecule has 1 aliphatic rings. The Labute approximate surface area is 300 Å². The SMILES string of the molecule is Fc1ccc2[nH]ccc2c1.[C-]#[N+]c1ccc(CC(=O)[C@@]2(C)CO2)cc1C.[C-]#[N+]c1ccc(CC(=O)[C@](C)(O)Cn2ccc3cc(F)ccc32)cc1C. The monoisotopic (exact) mass is 700 g/mol. The van der Waals surface area contributed by atoms with E-state index < -0.39 is 11.2 Å². The highest BCUT2D eigenvalue weighted by Gasteiger charge is 2.46. The summed E-state index contributed by atoms with van der Waals surface area (Å²) in [5, 5.41) is 12.3. The van der Waals surface area contributed by atoms with Crippen molar-refractivity contribution in [2.24, 2.45) is 0 Å². The molecule has 52 heavy (non-hydrogen) atoms. The second-order valence-electron chi connectivity index (χ2n) is 13.3. The van der Waals surface area contributed by atoms with Gasteiger partial charge in [-0.3, -0.25) is 9.59 Å². The summed E-state index contributed by atoms with van der Waals surface area (Å²) < 4.78 is 32.7. The number of nitrogens with one attached hydrogen (secondary N) is 1. The summed E-state index contributed by atoms with van der Waals surface area (Å²) >= 11 is 0. The summed E-state index contributed by atoms with van der Waals surface area (Å²) in [5.41, 5.74) is 4.26. The van der Waals surface area contributed by atoms with E-state index >= 15 is 0 Å². The average molecular weight is 701 g/mol. The van der Waals surface area contributed by atoms with E-state index in [1.165, 1.54) is 31.2 Å². The number of hydrogen-bond donors (Lipinski definition) is 2. The number of nitrogens with zero attached hydrogens (tertiary/aromatic N) is 3. The molecule has 6 aromatic rings. The van der Waals surface area contributed by atoms with E-state index in [9.17, 15) is 23.5 Å². The fourth-order valence-electron chi connectivity index (χ4n) is 5.68. The van der Waals surface area contributed by atoms with E-state index in [-0.39, 0.29) is 36.2 Å². The molecule has 4 aromatic carbocycles. The van der Waals surface area contributed by atoms with Gasteiger partial charge >= 0.3 is 0 Å². The van der Waals surface area contributed by atoms with Crippen LogP contribution < -0.4 is 0 Å². The quantitative estimate of drug-likeness (QED) is 0.122. The standard InChI is InChI=1S/C21H19FN2O2.C13H13NO2.C8H6FN/c1-14-10-15(4-6-18(14)23-3)11-20(25)21(2,26)13-24-9-8-16-12-17(22)5-7-19(16)24;1-9-6-10(4-5-11(9)14-3)7-12(15)13(2)8-16-13;9-7-1-2-8-6(5-7)3-4-10-8/h4-10,12,26H,11,13H2,1-2H3;4-6H,7-8H2,1-2H3;1-5,10H/t21-;13-;/m11./s1. The maximum Gasteiger partial charge on any atom is 0.190 e. The minimum Gasteiger partial charge on any atom is -0.380 e. The fourth-order valence-corrected chi connectivity index (χ4v) is 5.68. The predicted octanol–water partition coefficient (Wildman–Crippen LogP) is 8.96. The molecular weight excluding hydrogens is 662 g/mol. The minimum absolute atomic E-state index is 0.0833. The van der Waals surface area contributed by atoms with Crippen LogP contribution in [-0.4, -0.2) is 44.0 Å². The second-order valence-corrected chi connectivity index (χ2v) is 13.3. The molecule has 2 N–H and O–H groups in total. The lowest BCUT2D eigenvalue weighted by atomic mass is 9.94. The van der Waals surface area contributed by atoms with Gasteiger partial charge in [-0.1, -0.05) is 36.4 Å². The van der Waals surface area contributed by atoms with Gasteiger partial charge in [0.05, 0.1) is 26.3 Å². The molecule has 1 aliphatic heterocycles. The summed E-state index contributed by atoms with van der Waals surface area (Å²) in [4.78, 5) is 34.2. The van der Waals surface area contributed by atoms with Crippen LogP contribution >= 0.6 is 0 Å². The lowest BCUT2D eigenvalue weighted by molar-refractivity contribution is -0.136. The van der Waals surface area contributed by atoms with Gasteiger partial charge in [-0.2, -0.15) is 0 Å². The molecule has 0 saturated carbocycles. The van der Waals surface area contributed by atoms with Crippen molar-refractivity contribution >= 4 is 44.7 Å². The second kappa shape index (κ2) is 15.5. The first-order valence-electron chi connectivity index (χ1n) is 16.6. The lowest BCUT2D eigenvalue weighted by Crippen LogP contribution is -2.40. The zero-order valence-corrected chi connectivity index (χ0v) is 29.3. The van der Waals surface area contributed by atoms with Crippen molar-refractivity contribution in [3.05, 3.63) is 154 Å². The number of halogens is 2. The third-order valence-electron chi connectivity index (χ3n) is 8.99. The van der Waals surface area contributed by atoms with E-state index in [0.717, 1.165) is 44.1 Å². The summed E-state index contributed by atoms with van der Waals surface area (Å²) in [6, 6.07) is 23.4.